The summed E-state index contributed by atoms with van der Waals surface area (Å²) in [5.74, 6) is 0.700. The fourth-order valence-corrected chi connectivity index (χ4v) is 1.57. The van der Waals surface area contributed by atoms with Gasteiger partial charge in [-0.15, -0.1) is 0 Å². The standard InChI is InChI=1S/C11H14N2O2/c1-7(12)8-3-4-10-9(5-8)13(2)11(14)6-15-10/h3-5,7H,6,12H2,1-2H3. The molecule has 0 aliphatic carbocycles. The largest absolute Gasteiger partial charge is 0.482 e. The zero-order valence-electron chi connectivity index (χ0n) is 8.86. The monoisotopic (exact) mass is 206 g/mol. The van der Waals surface area contributed by atoms with Gasteiger partial charge in [0, 0.05) is 13.1 Å². The smallest absolute Gasteiger partial charge is 0.264 e. The molecule has 0 aromatic heterocycles. The van der Waals surface area contributed by atoms with Gasteiger partial charge in [-0.25, -0.2) is 0 Å². The number of anilines is 1. The highest BCUT2D eigenvalue weighted by atomic mass is 16.5. The second-order valence-electron chi connectivity index (χ2n) is 3.76. The van der Waals surface area contributed by atoms with E-state index < -0.39 is 0 Å². The van der Waals surface area contributed by atoms with Crippen LogP contribution < -0.4 is 15.4 Å². The van der Waals surface area contributed by atoms with Gasteiger partial charge in [0.25, 0.3) is 5.91 Å². The molecule has 0 radical (unpaired) electrons. The molecule has 1 heterocycles. The van der Waals surface area contributed by atoms with Crippen molar-refractivity contribution < 1.29 is 9.53 Å². The number of amides is 1. The van der Waals surface area contributed by atoms with E-state index in [1.807, 2.05) is 25.1 Å². The maximum absolute atomic E-state index is 11.4. The van der Waals surface area contributed by atoms with Gasteiger partial charge >= 0.3 is 0 Å². The molecule has 2 N–H and O–H groups in total. The van der Waals surface area contributed by atoms with Crippen LogP contribution in [0.1, 0.15) is 18.5 Å². The number of rotatable bonds is 1. The maximum Gasteiger partial charge on any atom is 0.264 e. The molecule has 0 saturated carbocycles. The van der Waals surface area contributed by atoms with Gasteiger partial charge in [0.15, 0.2) is 6.61 Å². The van der Waals surface area contributed by atoms with E-state index in [0.717, 1.165) is 17.0 Å². The zero-order valence-corrected chi connectivity index (χ0v) is 8.86. The Kier molecular flexibility index (Phi) is 2.36. The number of carbonyl (C=O) groups excluding carboxylic acids is 1. The van der Waals surface area contributed by atoms with E-state index in [4.69, 9.17) is 10.5 Å². The summed E-state index contributed by atoms with van der Waals surface area (Å²) >= 11 is 0. The predicted octanol–water partition coefficient (Wildman–Crippen LogP) is 1.06. The summed E-state index contributed by atoms with van der Waals surface area (Å²) in [4.78, 5) is 13.0. The number of ether oxygens (including phenoxy) is 1. The van der Waals surface area contributed by atoms with Gasteiger partial charge in [-0.3, -0.25) is 4.79 Å². The second kappa shape index (κ2) is 3.55. The molecule has 4 nitrogen and oxygen atoms in total. The van der Waals surface area contributed by atoms with Gasteiger partial charge in [-0.1, -0.05) is 6.07 Å². The number of nitrogens with two attached hydrogens (primary N) is 1. The number of fused-ring (bicyclic) bond motifs is 1. The first-order valence-corrected chi connectivity index (χ1v) is 4.88. The van der Waals surface area contributed by atoms with Crippen LogP contribution in [0, 0.1) is 0 Å². The van der Waals surface area contributed by atoms with E-state index in [0.29, 0.717) is 0 Å². The van der Waals surface area contributed by atoms with Crippen LogP contribution in [0.3, 0.4) is 0 Å². The van der Waals surface area contributed by atoms with E-state index in [2.05, 4.69) is 0 Å². The summed E-state index contributed by atoms with van der Waals surface area (Å²) < 4.78 is 5.31. The Morgan fingerprint density at radius 1 is 1.53 bits per heavy atom. The lowest BCUT2D eigenvalue weighted by Crippen LogP contribution is -2.35. The van der Waals surface area contributed by atoms with Crippen LogP contribution >= 0.6 is 0 Å². The van der Waals surface area contributed by atoms with Gasteiger partial charge in [0.2, 0.25) is 0 Å². The molecule has 4 heteroatoms. The summed E-state index contributed by atoms with van der Waals surface area (Å²) in [5, 5.41) is 0. The molecule has 1 aromatic rings. The Labute approximate surface area is 88.6 Å². The highest BCUT2D eigenvalue weighted by Crippen LogP contribution is 2.33. The van der Waals surface area contributed by atoms with Gasteiger partial charge in [-0.2, -0.15) is 0 Å². The van der Waals surface area contributed by atoms with Crippen molar-refractivity contribution in [3.05, 3.63) is 23.8 Å². The highest BCUT2D eigenvalue weighted by molar-refractivity contribution is 5.97. The summed E-state index contributed by atoms with van der Waals surface area (Å²) in [6.45, 7) is 2.02. The third-order valence-electron chi connectivity index (χ3n) is 2.60. The Bertz CT molecular complexity index is 402. The SMILES string of the molecule is CC(N)c1ccc2c(c1)N(C)C(=O)CO2. The average molecular weight is 206 g/mol. The van der Waals surface area contributed by atoms with E-state index in [1.165, 1.54) is 0 Å². The minimum Gasteiger partial charge on any atom is -0.482 e. The van der Waals surface area contributed by atoms with Crippen LogP contribution in [0.25, 0.3) is 0 Å². The van der Waals surface area contributed by atoms with Crippen LogP contribution in [0.2, 0.25) is 0 Å². The normalized spacial score (nSPS) is 17.0. The van der Waals surface area contributed by atoms with Crippen LogP contribution in [0.15, 0.2) is 18.2 Å². The maximum atomic E-state index is 11.4. The number of benzene rings is 1. The summed E-state index contributed by atoms with van der Waals surface area (Å²) in [6, 6.07) is 5.64. The molecule has 1 unspecified atom stereocenters. The first-order chi connectivity index (χ1) is 7.09. The topological polar surface area (TPSA) is 55.6 Å². The van der Waals surface area contributed by atoms with Crippen LogP contribution in [0.4, 0.5) is 5.69 Å². The van der Waals surface area contributed by atoms with Gasteiger partial charge in [0.05, 0.1) is 5.69 Å². The number of carbonyl (C=O) groups is 1. The van der Waals surface area contributed by atoms with Crippen LogP contribution in [0.5, 0.6) is 5.75 Å². The van der Waals surface area contributed by atoms with Crippen molar-refractivity contribution in [2.45, 2.75) is 13.0 Å². The van der Waals surface area contributed by atoms with Gasteiger partial charge in [0.1, 0.15) is 5.75 Å². The average Bonchev–Trinajstić information content (AvgIpc) is 2.23. The molecule has 1 amide bonds. The van der Waals surface area contributed by atoms with Crippen LogP contribution in [-0.4, -0.2) is 19.6 Å². The van der Waals surface area contributed by atoms with Crippen molar-refractivity contribution in [1.29, 1.82) is 0 Å². The molecule has 0 bridgehead atoms. The molecule has 0 fully saturated rings. The van der Waals surface area contributed by atoms with Gasteiger partial charge in [-0.05, 0) is 24.6 Å². The van der Waals surface area contributed by atoms with Crippen molar-refractivity contribution in [2.75, 3.05) is 18.6 Å². The van der Waals surface area contributed by atoms with Crippen molar-refractivity contribution in [3.8, 4) is 5.75 Å². The molecule has 80 valence electrons. The number of nitrogens with zero attached hydrogens (tertiary/aromatic N) is 1. The molecular weight excluding hydrogens is 192 g/mol. The second-order valence-corrected chi connectivity index (χ2v) is 3.76. The molecule has 1 aliphatic heterocycles. The molecule has 2 rings (SSSR count). The minimum absolute atomic E-state index is 0.0377. The fraction of sp³-hybridized carbons (Fsp3) is 0.364. The first kappa shape index (κ1) is 9.98. The Morgan fingerprint density at radius 3 is 2.93 bits per heavy atom. The third kappa shape index (κ3) is 1.68. The lowest BCUT2D eigenvalue weighted by atomic mass is 10.1. The molecule has 0 saturated heterocycles. The number of hydrogen-bond donors (Lipinski definition) is 1. The van der Waals surface area contributed by atoms with Crippen molar-refractivity contribution in [1.82, 2.24) is 0 Å². The molecule has 1 aliphatic rings. The predicted molar refractivity (Wildman–Crippen MR) is 57.9 cm³/mol. The highest BCUT2D eigenvalue weighted by Gasteiger charge is 2.22. The molecule has 1 aromatic carbocycles. The van der Waals surface area contributed by atoms with E-state index in [1.54, 1.807) is 11.9 Å². The van der Waals surface area contributed by atoms with Crippen molar-refractivity contribution in [2.24, 2.45) is 5.73 Å². The molecule has 0 spiro atoms. The van der Waals surface area contributed by atoms with E-state index in [9.17, 15) is 4.79 Å². The minimum atomic E-state index is -0.0410. The summed E-state index contributed by atoms with van der Waals surface area (Å²) in [6.07, 6.45) is 0. The van der Waals surface area contributed by atoms with E-state index in [-0.39, 0.29) is 18.6 Å². The molecule has 1 atom stereocenters. The molecule has 15 heavy (non-hydrogen) atoms. The lowest BCUT2D eigenvalue weighted by molar-refractivity contribution is -0.120. The Balaban J connectivity index is 2.45. The number of likely N-dealkylation sites (N-methyl/N-ethyl adjacent to an activating group) is 1. The van der Waals surface area contributed by atoms with E-state index >= 15 is 0 Å². The summed E-state index contributed by atoms with van der Waals surface area (Å²) in [5.41, 5.74) is 7.57. The quantitative estimate of drug-likeness (QED) is 0.747. The lowest BCUT2D eigenvalue weighted by Gasteiger charge is -2.26. The fourth-order valence-electron chi connectivity index (χ4n) is 1.57. The summed E-state index contributed by atoms with van der Waals surface area (Å²) in [7, 11) is 1.74. The van der Waals surface area contributed by atoms with Crippen LogP contribution in [-0.2, 0) is 4.79 Å². The van der Waals surface area contributed by atoms with Gasteiger partial charge < -0.3 is 15.4 Å². The third-order valence-corrected chi connectivity index (χ3v) is 2.60. The Morgan fingerprint density at radius 2 is 2.27 bits per heavy atom. The Hall–Kier alpha value is -1.55. The van der Waals surface area contributed by atoms with Crippen molar-refractivity contribution >= 4 is 11.6 Å². The first-order valence-electron chi connectivity index (χ1n) is 4.88. The number of hydrogen-bond acceptors (Lipinski definition) is 3. The molecular formula is C11H14N2O2. The zero-order chi connectivity index (χ0) is 11.0. The van der Waals surface area contributed by atoms with Crippen molar-refractivity contribution in [3.63, 3.8) is 0 Å².